The number of rotatable bonds is 9. The Labute approximate surface area is 233 Å². The van der Waals surface area contributed by atoms with Crippen molar-refractivity contribution in [1.82, 2.24) is 15.5 Å². The number of nitro benzene ring substituents is 1. The Kier molecular flexibility index (Phi) is 8.85. The summed E-state index contributed by atoms with van der Waals surface area (Å²) in [5, 5.41) is 17.1. The van der Waals surface area contributed by atoms with Crippen molar-refractivity contribution in [3.8, 4) is 0 Å². The minimum Gasteiger partial charge on any atom is -0.347 e. The van der Waals surface area contributed by atoms with Crippen molar-refractivity contribution in [2.45, 2.75) is 84.3 Å². The number of hydrogen-bond acceptors (Lipinski definition) is 5. The van der Waals surface area contributed by atoms with Crippen LogP contribution in [0.25, 0.3) is 0 Å². The summed E-state index contributed by atoms with van der Waals surface area (Å²) in [6.07, 6.45) is 3.15. The van der Waals surface area contributed by atoms with Crippen molar-refractivity contribution >= 4 is 23.4 Å². The molecule has 0 saturated carbocycles. The van der Waals surface area contributed by atoms with E-state index in [0.29, 0.717) is 25.8 Å². The number of amides is 3. The molecule has 9 nitrogen and oxygen atoms in total. The van der Waals surface area contributed by atoms with E-state index >= 15 is 0 Å². The summed E-state index contributed by atoms with van der Waals surface area (Å²) in [5.41, 5.74) is 3.54. The zero-order chi connectivity index (χ0) is 29.1. The van der Waals surface area contributed by atoms with E-state index in [1.165, 1.54) is 29.0 Å². The number of benzene rings is 2. The minimum absolute atomic E-state index is 0.0871. The fourth-order valence-electron chi connectivity index (χ4n) is 5.76. The van der Waals surface area contributed by atoms with Gasteiger partial charge in [-0.3, -0.25) is 24.5 Å². The first kappa shape index (κ1) is 29.2. The Morgan fingerprint density at radius 3 is 2.62 bits per heavy atom. The SMILES string of the molecule is CC[C@@H](C)C(=O)N[C@@H](Cc1cc(C)c([N+](=O)[O-])cc1F)C(=O)N1CCC[C@H]1C(=O)NC1CCc2c(C)cccc21. The average Bonchev–Trinajstić information content (AvgIpc) is 3.57. The highest BCUT2D eigenvalue weighted by molar-refractivity contribution is 5.93. The fraction of sp³-hybridized carbons (Fsp3) is 0.500. The molecule has 1 aliphatic carbocycles. The van der Waals surface area contributed by atoms with Crippen molar-refractivity contribution < 1.29 is 23.7 Å². The molecule has 2 N–H and O–H groups in total. The monoisotopic (exact) mass is 552 g/mol. The number of hydrogen-bond donors (Lipinski definition) is 2. The van der Waals surface area contributed by atoms with E-state index < -0.39 is 28.7 Å². The number of carbonyl (C=O) groups is 3. The van der Waals surface area contributed by atoms with Gasteiger partial charge >= 0.3 is 0 Å². The normalized spacial score (nSPS) is 19.6. The van der Waals surface area contributed by atoms with E-state index in [0.717, 1.165) is 24.5 Å². The third-order valence-corrected chi connectivity index (χ3v) is 8.32. The predicted octanol–water partition coefficient (Wildman–Crippen LogP) is 4.22. The molecule has 4 rings (SSSR count). The van der Waals surface area contributed by atoms with Gasteiger partial charge in [-0.1, -0.05) is 32.0 Å². The molecule has 0 aromatic heterocycles. The second-order valence-corrected chi connectivity index (χ2v) is 11.0. The molecule has 0 radical (unpaired) electrons. The van der Waals surface area contributed by atoms with Crippen LogP contribution >= 0.6 is 0 Å². The maximum Gasteiger partial charge on any atom is 0.275 e. The van der Waals surface area contributed by atoms with Gasteiger partial charge in [0, 0.05) is 24.4 Å². The van der Waals surface area contributed by atoms with Gasteiger partial charge in [-0.25, -0.2) is 4.39 Å². The Morgan fingerprint density at radius 2 is 1.93 bits per heavy atom. The van der Waals surface area contributed by atoms with Crippen LogP contribution in [-0.4, -0.2) is 46.2 Å². The van der Waals surface area contributed by atoms with Crippen LogP contribution in [0.15, 0.2) is 30.3 Å². The summed E-state index contributed by atoms with van der Waals surface area (Å²) in [5.74, 6) is -2.25. The Hall–Kier alpha value is -3.82. The smallest absolute Gasteiger partial charge is 0.275 e. The van der Waals surface area contributed by atoms with E-state index in [2.05, 4.69) is 23.6 Å². The second-order valence-electron chi connectivity index (χ2n) is 11.0. The van der Waals surface area contributed by atoms with E-state index in [9.17, 15) is 28.9 Å². The van der Waals surface area contributed by atoms with Crippen LogP contribution < -0.4 is 10.6 Å². The molecule has 214 valence electrons. The first-order valence-electron chi connectivity index (χ1n) is 13.9. The van der Waals surface area contributed by atoms with E-state index in [1.54, 1.807) is 6.92 Å². The van der Waals surface area contributed by atoms with Crippen molar-refractivity contribution in [3.05, 3.63) is 74.1 Å². The lowest BCUT2D eigenvalue weighted by Crippen LogP contribution is -2.55. The standard InChI is InChI=1S/C30H37FN4O5/c1-5-17(2)28(36)33-25(15-20-14-19(4)27(35(39)40)16-23(20)31)30(38)34-13-7-10-26(34)29(37)32-24-12-11-21-18(3)8-6-9-22(21)24/h6,8-9,14,16-17,24-26H,5,7,10-13,15H2,1-4H3,(H,32,37)(H,33,36)/t17-,24?,25+,26+/m1/s1. The van der Waals surface area contributed by atoms with E-state index in [4.69, 9.17) is 0 Å². The van der Waals surface area contributed by atoms with Gasteiger partial charge < -0.3 is 15.5 Å². The lowest BCUT2D eigenvalue weighted by Gasteiger charge is -2.30. The number of likely N-dealkylation sites (tertiary alicyclic amines) is 1. The summed E-state index contributed by atoms with van der Waals surface area (Å²) in [4.78, 5) is 52.2. The molecule has 10 heteroatoms. The third kappa shape index (κ3) is 6.00. The van der Waals surface area contributed by atoms with Crippen LogP contribution in [0.1, 0.15) is 73.4 Å². The van der Waals surface area contributed by atoms with Crippen LogP contribution in [0, 0.1) is 35.7 Å². The van der Waals surface area contributed by atoms with Gasteiger partial charge in [-0.2, -0.15) is 0 Å². The van der Waals surface area contributed by atoms with Gasteiger partial charge in [0.15, 0.2) is 0 Å². The molecule has 1 heterocycles. The van der Waals surface area contributed by atoms with E-state index in [1.807, 2.05) is 19.1 Å². The van der Waals surface area contributed by atoms with E-state index in [-0.39, 0.29) is 47.0 Å². The quantitative estimate of drug-likeness (QED) is 0.356. The molecule has 3 amide bonds. The minimum atomic E-state index is -1.12. The first-order valence-corrected chi connectivity index (χ1v) is 13.9. The fourth-order valence-corrected chi connectivity index (χ4v) is 5.76. The molecule has 1 aliphatic heterocycles. The number of halogens is 1. The molecule has 2 aliphatic rings. The Balaban J connectivity index is 1.55. The molecule has 2 aromatic carbocycles. The van der Waals surface area contributed by atoms with Crippen molar-refractivity contribution in [2.24, 2.45) is 5.92 Å². The summed E-state index contributed by atoms with van der Waals surface area (Å²) in [6.45, 7) is 7.49. The van der Waals surface area contributed by atoms with Gasteiger partial charge in [0.05, 0.1) is 17.0 Å². The molecule has 1 unspecified atom stereocenters. The molecular weight excluding hydrogens is 515 g/mol. The molecule has 0 spiro atoms. The summed E-state index contributed by atoms with van der Waals surface area (Å²) < 4.78 is 14.9. The topological polar surface area (TPSA) is 122 Å². The highest BCUT2D eigenvalue weighted by atomic mass is 19.1. The van der Waals surface area contributed by atoms with Crippen LogP contribution in [-0.2, 0) is 27.2 Å². The number of aryl methyl sites for hydroxylation is 2. The maximum absolute atomic E-state index is 14.9. The second kappa shape index (κ2) is 12.1. The molecular formula is C30H37FN4O5. The molecule has 2 aromatic rings. The average molecular weight is 553 g/mol. The summed E-state index contributed by atoms with van der Waals surface area (Å²) >= 11 is 0. The molecule has 1 saturated heterocycles. The maximum atomic E-state index is 14.9. The number of carbonyl (C=O) groups excluding carboxylic acids is 3. The van der Waals surface area contributed by atoms with Gasteiger partial charge in [0.2, 0.25) is 17.7 Å². The summed E-state index contributed by atoms with van der Waals surface area (Å²) in [6, 6.07) is 6.30. The van der Waals surface area contributed by atoms with Crippen molar-refractivity contribution in [1.29, 1.82) is 0 Å². The number of nitrogens with one attached hydrogen (secondary N) is 2. The van der Waals surface area contributed by atoms with Gasteiger partial charge in [-0.05, 0) is 74.3 Å². The van der Waals surface area contributed by atoms with Gasteiger partial charge in [0.1, 0.15) is 17.9 Å². The molecule has 1 fully saturated rings. The zero-order valence-electron chi connectivity index (χ0n) is 23.5. The summed E-state index contributed by atoms with van der Waals surface area (Å²) in [7, 11) is 0. The van der Waals surface area contributed by atoms with Gasteiger partial charge in [-0.15, -0.1) is 0 Å². The van der Waals surface area contributed by atoms with Crippen LogP contribution in [0.3, 0.4) is 0 Å². The molecule has 0 bridgehead atoms. The first-order chi connectivity index (χ1) is 19.0. The molecule has 4 atom stereocenters. The lowest BCUT2D eigenvalue weighted by molar-refractivity contribution is -0.385. The lowest BCUT2D eigenvalue weighted by atomic mass is 9.99. The predicted molar refractivity (Wildman–Crippen MR) is 148 cm³/mol. The number of nitrogens with zero attached hydrogens (tertiary/aromatic N) is 2. The third-order valence-electron chi connectivity index (χ3n) is 8.32. The molecule has 40 heavy (non-hydrogen) atoms. The van der Waals surface area contributed by atoms with Crippen LogP contribution in [0.4, 0.5) is 10.1 Å². The Morgan fingerprint density at radius 1 is 1.18 bits per heavy atom. The highest BCUT2D eigenvalue weighted by Crippen LogP contribution is 2.33. The van der Waals surface area contributed by atoms with Crippen LogP contribution in [0.5, 0.6) is 0 Å². The number of fused-ring (bicyclic) bond motifs is 1. The zero-order valence-corrected chi connectivity index (χ0v) is 23.5. The van der Waals surface area contributed by atoms with Crippen molar-refractivity contribution in [2.75, 3.05) is 6.54 Å². The van der Waals surface area contributed by atoms with Crippen LogP contribution in [0.2, 0.25) is 0 Å². The largest absolute Gasteiger partial charge is 0.347 e. The Bertz CT molecular complexity index is 1330. The van der Waals surface area contributed by atoms with Crippen molar-refractivity contribution in [3.63, 3.8) is 0 Å². The highest BCUT2D eigenvalue weighted by Gasteiger charge is 2.39. The number of nitro groups is 1. The van der Waals surface area contributed by atoms with Gasteiger partial charge in [0.25, 0.3) is 5.69 Å².